The maximum Gasteiger partial charge on any atom is 0.129 e. The van der Waals surface area contributed by atoms with Gasteiger partial charge in [0.2, 0.25) is 0 Å². The van der Waals surface area contributed by atoms with Crippen molar-refractivity contribution in [3.63, 3.8) is 0 Å². The summed E-state index contributed by atoms with van der Waals surface area (Å²) in [5, 5.41) is 0. The maximum atomic E-state index is 5.67. The van der Waals surface area contributed by atoms with Gasteiger partial charge >= 0.3 is 0 Å². The molecule has 0 N–H and O–H groups in total. The topological polar surface area (TPSA) is 46.2 Å². The van der Waals surface area contributed by atoms with Crippen molar-refractivity contribution in [3.8, 4) is 0 Å². The van der Waals surface area contributed by atoms with Crippen LogP contribution in [0.15, 0.2) is 0 Å². The van der Waals surface area contributed by atoms with Crippen molar-refractivity contribution in [1.29, 1.82) is 0 Å². The summed E-state index contributed by atoms with van der Waals surface area (Å²) in [4.78, 5) is 0. The van der Waals surface area contributed by atoms with E-state index in [2.05, 4.69) is 12.6 Å². The second kappa shape index (κ2) is 6.78. The molecule has 5 nitrogen and oxygen atoms in total. The molecule has 0 aromatic heterocycles. The highest BCUT2D eigenvalue weighted by molar-refractivity contribution is 7.80. The Morgan fingerprint density at radius 3 is 1.94 bits per heavy atom. The highest BCUT2D eigenvalue weighted by atomic mass is 32.1. The molecule has 0 saturated carbocycles. The van der Waals surface area contributed by atoms with Gasteiger partial charge < -0.3 is 23.7 Å². The van der Waals surface area contributed by atoms with Gasteiger partial charge in [-0.2, -0.15) is 0 Å². The number of rotatable bonds is 5. The van der Waals surface area contributed by atoms with Crippen molar-refractivity contribution in [2.45, 2.75) is 29.9 Å². The Kier molecular flexibility index (Phi) is 6.02. The van der Waals surface area contributed by atoms with Gasteiger partial charge in [0.25, 0.3) is 0 Å². The number of ether oxygens (including phenoxy) is 5. The van der Waals surface area contributed by atoms with Crippen molar-refractivity contribution in [3.05, 3.63) is 0 Å². The van der Waals surface area contributed by atoms with Gasteiger partial charge in [0.05, 0.1) is 6.61 Å². The van der Waals surface area contributed by atoms with Crippen LogP contribution in [-0.4, -0.2) is 64.9 Å². The standard InChI is InChI=1S/C10H20O5S/c1-11-5-6-7(12-2)8(13-3)9(14-4)10(16)15-6/h6-10,16H,5H2,1-4H3/t6-,7+,8+,9-,10-/m1/s1. The first kappa shape index (κ1) is 14.2. The fourth-order valence-corrected chi connectivity index (χ4v) is 2.45. The van der Waals surface area contributed by atoms with E-state index in [-0.39, 0.29) is 29.9 Å². The van der Waals surface area contributed by atoms with E-state index < -0.39 is 0 Å². The summed E-state index contributed by atoms with van der Waals surface area (Å²) in [6.07, 6.45) is -0.898. The van der Waals surface area contributed by atoms with E-state index in [1.165, 1.54) is 0 Å². The molecular weight excluding hydrogens is 232 g/mol. The molecule has 1 saturated heterocycles. The minimum absolute atomic E-state index is 0.200. The molecule has 1 aliphatic rings. The van der Waals surface area contributed by atoms with Gasteiger partial charge in [0.15, 0.2) is 0 Å². The molecule has 96 valence electrons. The summed E-state index contributed by atoms with van der Waals surface area (Å²) in [7, 11) is 6.47. The van der Waals surface area contributed by atoms with Crippen molar-refractivity contribution in [2.75, 3.05) is 35.0 Å². The van der Waals surface area contributed by atoms with E-state index in [1.54, 1.807) is 28.4 Å². The average Bonchev–Trinajstić information content (AvgIpc) is 2.28. The summed E-state index contributed by atoms with van der Waals surface area (Å²) in [5.74, 6) is 0. The highest BCUT2D eigenvalue weighted by Crippen LogP contribution is 2.28. The van der Waals surface area contributed by atoms with Crippen LogP contribution >= 0.6 is 12.6 Å². The molecule has 0 aliphatic carbocycles. The molecule has 1 fully saturated rings. The molecule has 1 rings (SSSR count). The van der Waals surface area contributed by atoms with E-state index >= 15 is 0 Å². The first-order valence-electron chi connectivity index (χ1n) is 5.10. The SMILES string of the molecule is COC[C@H]1O[C@H](S)[C@H](OC)[C@@H](OC)[C@H]1OC. The Labute approximate surface area is 102 Å². The second-order valence-electron chi connectivity index (χ2n) is 3.62. The van der Waals surface area contributed by atoms with Gasteiger partial charge in [-0.15, -0.1) is 12.6 Å². The minimum atomic E-state index is -0.346. The molecule has 0 spiro atoms. The van der Waals surface area contributed by atoms with Crippen LogP contribution in [0.25, 0.3) is 0 Å². The van der Waals surface area contributed by atoms with Gasteiger partial charge in [-0.3, -0.25) is 0 Å². The zero-order valence-electron chi connectivity index (χ0n) is 10.1. The largest absolute Gasteiger partial charge is 0.382 e. The van der Waals surface area contributed by atoms with Crippen LogP contribution in [0.1, 0.15) is 0 Å². The lowest BCUT2D eigenvalue weighted by Crippen LogP contribution is -2.59. The molecule has 0 aromatic rings. The molecule has 5 atom stereocenters. The van der Waals surface area contributed by atoms with Crippen molar-refractivity contribution in [2.24, 2.45) is 0 Å². The zero-order chi connectivity index (χ0) is 12.1. The van der Waals surface area contributed by atoms with Crippen LogP contribution in [0.4, 0.5) is 0 Å². The molecule has 0 unspecified atom stereocenters. The minimum Gasteiger partial charge on any atom is -0.382 e. The fraction of sp³-hybridized carbons (Fsp3) is 1.00. The molecule has 0 radical (unpaired) electrons. The third-order valence-electron chi connectivity index (χ3n) is 2.76. The smallest absolute Gasteiger partial charge is 0.129 e. The number of hydrogen-bond donors (Lipinski definition) is 1. The second-order valence-corrected chi connectivity index (χ2v) is 4.13. The van der Waals surface area contributed by atoms with E-state index in [1.807, 2.05) is 0 Å². The normalized spacial score (nSPS) is 39.9. The van der Waals surface area contributed by atoms with E-state index in [4.69, 9.17) is 23.7 Å². The number of hydrogen-bond acceptors (Lipinski definition) is 6. The first-order chi connectivity index (χ1) is 7.69. The third-order valence-corrected chi connectivity index (χ3v) is 3.17. The highest BCUT2D eigenvalue weighted by Gasteiger charge is 2.45. The van der Waals surface area contributed by atoms with Gasteiger partial charge in [-0.25, -0.2) is 0 Å². The molecule has 6 heteroatoms. The molecule has 0 amide bonds. The van der Waals surface area contributed by atoms with Crippen LogP contribution in [0, 0.1) is 0 Å². The van der Waals surface area contributed by atoms with Crippen molar-refractivity contribution >= 4 is 12.6 Å². The Balaban J connectivity index is 2.78. The first-order valence-corrected chi connectivity index (χ1v) is 5.62. The van der Waals surface area contributed by atoms with Crippen LogP contribution < -0.4 is 0 Å². The van der Waals surface area contributed by atoms with Gasteiger partial charge in [0, 0.05) is 28.4 Å². The Morgan fingerprint density at radius 1 is 0.938 bits per heavy atom. The van der Waals surface area contributed by atoms with Crippen molar-refractivity contribution < 1.29 is 23.7 Å². The maximum absolute atomic E-state index is 5.67. The summed E-state index contributed by atoms with van der Waals surface area (Å²) in [6, 6.07) is 0. The zero-order valence-corrected chi connectivity index (χ0v) is 11.0. The molecule has 16 heavy (non-hydrogen) atoms. The molecular formula is C10H20O5S. The summed E-state index contributed by atoms with van der Waals surface area (Å²) < 4.78 is 26.9. The molecule has 1 heterocycles. The lowest BCUT2D eigenvalue weighted by Gasteiger charge is -2.43. The van der Waals surface area contributed by atoms with Crippen molar-refractivity contribution in [1.82, 2.24) is 0 Å². The lowest BCUT2D eigenvalue weighted by molar-refractivity contribution is -0.228. The summed E-state index contributed by atoms with van der Waals surface area (Å²) in [6.45, 7) is 0.436. The monoisotopic (exact) mass is 252 g/mol. The van der Waals surface area contributed by atoms with Crippen LogP contribution in [0.5, 0.6) is 0 Å². The lowest BCUT2D eigenvalue weighted by atomic mass is 9.99. The molecule has 0 bridgehead atoms. The predicted molar refractivity (Wildman–Crippen MR) is 61.9 cm³/mol. The quantitative estimate of drug-likeness (QED) is 0.715. The van der Waals surface area contributed by atoms with Gasteiger partial charge in [0.1, 0.15) is 29.9 Å². The predicted octanol–water partition coefficient (Wildman–Crippen LogP) is 0.332. The number of methoxy groups -OCH3 is 4. The fourth-order valence-electron chi connectivity index (χ4n) is 2.00. The van der Waals surface area contributed by atoms with E-state index in [0.29, 0.717) is 6.61 Å². The van der Waals surface area contributed by atoms with Gasteiger partial charge in [-0.1, -0.05) is 0 Å². The third kappa shape index (κ3) is 2.88. The summed E-state index contributed by atoms with van der Waals surface area (Å²) >= 11 is 4.34. The summed E-state index contributed by atoms with van der Waals surface area (Å²) in [5.41, 5.74) is -0.346. The Bertz CT molecular complexity index is 204. The average molecular weight is 252 g/mol. The van der Waals surface area contributed by atoms with E-state index in [0.717, 1.165) is 0 Å². The molecule has 1 aliphatic heterocycles. The van der Waals surface area contributed by atoms with Gasteiger partial charge in [-0.05, 0) is 0 Å². The van der Waals surface area contributed by atoms with Crippen LogP contribution in [-0.2, 0) is 23.7 Å². The molecule has 0 aromatic carbocycles. The Hall–Kier alpha value is 0.150. The number of thiol groups is 1. The Morgan fingerprint density at radius 2 is 1.50 bits per heavy atom. The van der Waals surface area contributed by atoms with Crippen LogP contribution in [0.2, 0.25) is 0 Å². The van der Waals surface area contributed by atoms with Crippen LogP contribution in [0.3, 0.4) is 0 Å². The van der Waals surface area contributed by atoms with E-state index in [9.17, 15) is 0 Å².